The Morgan fingerprint density at radius 2 is 1.82 bits per heavy atom. The van der Waals surface area contributed by atoms with E-state index in [4.69, 9.17) is 14.5 Å². The van der Waals surface area contributed by atoms with Crippen LogP contribution in [0.1, 0.15) is 34.6 Å². The van der Waals surface area contributed by atoms with Gasteiger partial charge in [-0.3, -0.25) is 9.79 Å². The summed E-state index contributed by atoms with van der Waals surface area (Å²) in [6.45, 7) is 2.60. The van der Waals surface area contributed by atoms with Crippen LogP contribution in [-0.2, 0) is 19.3 Å². The molecule has 1 aromatic heterocycles. The molecule has 1 aliphatic carbocycles. The number of H-pyrrole nitrogens is 1. The molecule has 1 N–H and O–H groups in total. The third-order valence-electron chi connectivity index (χ3n) is 5.33. The van der Waals surface area contributed by atoms with Crippen LogP contribution in [0.15, 0.2) is 21.9 Å². The molecule has 4 rings (SSSR count). The smallest absolute Gasteiger partial charge is 0.254 e. The van der Waals surface area contributed by atoms with Gasteiger partial charge in [0, 0.05) is 29.3 Å². The summed E-state index contributed by atoms with van der Waals surface area (Å²) in [5, 5.41) is 0. The Balaban J connectivity index is 0.00000140. The van der Waals surface area contributed by atoms with E-state index in [1.165, 1.54) is 5.56 Å². The highest BCUT2D eigenvalue weighted by molar-refractivity contribution is 6.05. The number of methoxy groups -OCH3 is 2. The van der Waals surface area contributed by atoms with Crippen LogP contribution in [-0.4, -0.2) is 36.4 Å². The van der Waals surface area contributed by atoms with Gasteiger partial charge in [-0.15, -0.1) is 24.8 Å². The molecule has 0 amide bonds. The van der Waals surface area contributed by atoms with Gasteiger partial charge in [0.2, 0.25) is 0 Å². The molecule has 2 heterocycles. The summed E-state index contributed by atoms with van der Waals surface area (Å²) in [5.41, 5.74) is 5.17. The molecule has 0 saturated carbocycles. The lowest BCUT2D eigenvalue weighted by Gasteiger charge is -2.28. The monoisotopic (exact) mass is 425 g/mol. The fraction of sp³-hybridized carbons (Fsp3) is 0.450. The largest absolute Gasteiger partial charge is 0.493 e. The molecule has 1 aliphatic heterocycles. The first-order valence-corrected chi connectivity index (χ1v) is 8.99. The lowest BCUT2D eigenvalue weighted by molar-refractivity contribution is 0.354. The van der Waals surface area contributed by atoms with Crippen molar-refractivity contribution in [2.45, 2.75) is 32.6 Å². The number of hydrogen-bond acceptors (Lipinski definition) is 5. The lowest BCUT2D eigenvalue weighted by atomic mass is 9.79. The van der Waals surface area contributed by atoms with Gasteiger partial charge in [-0.25, -0.2) is 4.98 Å². The minimum atomic E-state index is -0.0128. The molecule has 1 unspecified atom stereocenters. The summed E-state index contributed by atoms with van der Waals surface area (Å²) in [5.74, 6) is 2.37. The number of fused-ring (bicyclic) bond motifs is 2. The number of benzene rings is 1. The van der Waals surface area contributed by atoms with Crippen molar-refractivity contribution in [1.29, 1.82) is 0 Å². The molecular formula is C20H25Cl2N3O3. The summed E-state index contributed by atoms with van der Waals surface area (Å²) in [6.07, 6.45) is 3.34. The van der Waals surface area contributed by atoms with Gasteiger partial charge >= 0.3 is 0 Å². The fourth-order valence-corrected chi connectivity index (χ4v) is 4.08. The molecule has 0 bridgehead atoms. The van der Waals surface area contributed by atoms with E-state index in [1.807, 2.05) is 13.0 Å². The van der Waals surface area contributed by atoms with E-state index < -0.39 is 0 Å². The maximum atomic E-state index is 12.4. The van der Waals surface area contributed by atoms with Crippen molar-refractivity contribution in [3.05, 3.63) is 50.7 Å². The van der Waals surface area contributed by atoms with Crippen LogP contribution in [0, 0.1) is 12.8 Å². The first-order valence-electron chi connectivity index (χ1n) is 8.99. The number of aromatic amines is 1. The van der Waals surface area contributed by atoms with Gasteiger partial charge in [0.25, 0.3) is 5.56 Å². The van der Waals surface area contributed by atoms with E-state index >= 15 is 0 Å². The van der Waals surface area contributed by atoms with Crippen molar-refractivity contribution in [3.63, 3.8) is 0 Å². The Morgan fingerprint density at radius 3 is 2.54 bits per heavy atom. The highest BCUT2D eigenvalue weighted by atomic mass is 35.5. The molecular weight excluding hydrogens is 401 g/mol. The van der Waals surface area contributed by atoms with E-state index in [0.29, 0.717) is 18.0 Å². The maximum Gasteiger partial charge on any atom is 0.254 e. The van der Waals surface area contributed by atoms with Crippen molar-refractivity contribution < 1.29 is 9.47 Å². The first-order chi connectivity index (χ1) is 12.6. The number of aliphatic imine (C=N–C) groups is 1. The molecule has 152 valence electrons. The number of hydrogen-bond donors (Lipinski definition) is 1. The van der Waals surface area contributed by atoms with E-state index in [2.05, 4.69) is 16.0 Å². The van der Waals surface area contributed by atoms with E-state index in [-0.39, 0.29) is 36.3 Å². The van der Waals surface area contributed by atoms with Crippen molar-refractivity contribution in [1.82, 2.24) is 9.97 Å². The Kier molecular flexibility index (Phi) is 7.12. The van der Waals surface area contributed by atoms with Gasteiger partial charge in [0.1, 0.15) is 5.82 Å². The molecule has 2 aromatic rings. The second-order valence-electron chi connectivity index (χ2n) is 6.90. The summed E-state index contributed by atoms with van der Waals surface area (Å²) in [6, 6.07) is 4.08. The number of nitrogens with zero attached hydrogens (tertiary/aromatic N) is 2. The van der Waals surface area contributed by atoms with Crippen molar-refractivity contribution >= 4 is 30.5 Å². The molecule has 0 saturated heterocycles. The molecule has 28 heavy (non-hydrogen) atoms. The molecule has 1 atom stereocenters. The summed E-state index contributed by atoms with van der Waals surface area (Å²) < 4.78 is 10.9. The zero-order valence-electron chi connectivity index (χ0n) is 16.2. The van der Waals surface area contributed by atoms with Gasteiger partial charge in [-0.2, -0.15) is 0 Å². The van der Waals surface area contributed by atoms with Crippen molar-refractivity contribution in [3.8, 4) is 11.5 Å². The van der Waals surface area contributed by atoms with Gasteiger partial charge in [-0.1, -0.05) is 0 Å². The number of halogens is 2. The maximum absolute atomic E-state index is 12.4. The van der Waals surface area contributed by atoms with Crippen LogP contribution >= 0.6 is 24.8 Å². The van der Waals surface area contributed by atoms with Crippen LogP contribution in [0.3, 0.4) is 0 Å². The average molecular weight is 426 g/mol. The highest BCUT2D eigenvalue weighted by Crippen LogP contribution is 2.35. The van der Waals surface area contributed by atoms with Crippen LogP contribution in [0.2, 0.25) is 0 Å². The van der Waals surface area contributed by atoms with Crippen LogP contribution < -0.4 is 15.0 Å². The van der Waals surface area contributed by atoms with Gasteiger partial charge < -0.3 is 14.5 Å². The van der Waals surface area contributed by atoms with Crippen molar-refractivity contribution in [2.75, 3.05) is 20.8 Å². The molecule has 0 spiro atoms. The Bertz CT molecular complexity index is 956. The third kappa shape index (κ3) is 3.89. The van der Waals surface area contributed by atoms with Gasteiger partial charge in [0.15, 0.2) is 11.5 Å². The Hall–Kier alpha value is -2.05. The second kappa shape index (κ2) is 8.97. The quantitative estimate of drug-likeness (QED) is 0.819. The molecule has 6 nitrogen and oxygen atoms in total. The van der Waals surface area contributed by atoms with Gasteiger partial charge in [0.05, 0.1) is 19.9 Å². The van der Waals surface area contributed by atoms with Crippen LogP contribution in [0.25, 0.3) is 0 Å². The van der Waals surface area contributed by atoms with Crippen LogP contribution in [0.5, 0.6) is 11.5 Å². The topological polar surface area (TPSA) is 76.6 Å². The summed E-state index contributed by atoms with van der Waals surface area (Å²) >= 11 is 0. The molecule has 1 aromatic carbocycles. The minimum absolute atomic E-state index is 0. The Morgan fingerprint density at radius 1 is 1.11 bits per heavy atom. The van der Waals surface area contributed by atoms with Crippen molar-refractivity contribution in [2.24, 2.45) is 10.9 Å². The number of aromatic nitrogens is 2. The van der Waals surface area contributed by atoms with E-state index in [1.54, 1.807) is 14.2 Å². The number of nitrogens with one attached hydrogen (secondary N) is 1. The average Bonchev–Trinajstić information content (AvgIpc) is 2.66. The fourth-order valence-electron chi connectivity index (χ4n) is 4.08. The second-order valence-corrected chi connectivity index (χ2v) is 6.90. The third-order valence-corrected chi connectivity index (χ3v) is 5.33. The summed E-state index contributed by atoms with van der Waals surface area (Å²) in [7, 11) is 3.30. The molecule has 0 fully saturated rings. The predicted molar refractivity (Wildman–Crippen MR) is 114 cm³/mol. The predicted octanol–water partition coefficient (Wildman–Crippen LogP) is 3.09. The highest BCUT2D eigenvalue weighted by Gasteiger charge is 2.30. The lowest BCUT2D eigenvalue weighted by Crippen LogP contribution is -2.32. The SMILES string of the molecule is COc1cc2c(cc1OC)C(C1CCc3nc(C)[nH]c(=O)c3C1)=NCC2.Cl.Cl. The zero-order chi connectivity index (χ0) is 18.3. The normalized spacial score (nSPS) is 17.2. The van der Waals surface area contributed by atoms with Crippen LogP contribution in [0.4, 0.5) is 0 Å². The standard InChI is InChI=1S/C20H23N3O3.2ClH/c1-11-22-16-5-4-13(8-15(16)20(24)23-11)19-14-10-18(26-3)17(25-2)9-12(14)6-7-21-19;;/h9-10,13H,4-8H2,1-3H3,(H,22,23,24);2*1H. The number of aryl methyl sites for hydroxylation is 2. The summed E-state index contributed by atoms with van der Waals surface area (Å²) in [4.78, 5) is 24.6. The van der Waals surface area contributed by atoms with E-state index in [0.717, 1.165) is 54.1 Å². The van der Waals surface area contributed by atoms with E-state index in [9.17, 15) is 4.79 Å². The number of ether oxygens (including phenoxy) is 2. The number of rotatable bonds is 3. The van der Waals surface area contributed by atoms with Gasteiger partial charge in [-0.05, 0) is 50.3 Å². The first kappa shape index (κ1) is 22.2. The zero-order valence-corrected chi connectivity index (χ0v) is 17.8. The Labute approximate surface area is 176 Å². The minimum Gasteiger partial charge on any atom is -0.493 e. The molecule has 0 radical (unpaired) electrons. The molecule has 8 heteroatoms. The molecule has 2 aliphatic rings.